The van der Waals surface area contributed by atoms with Crippen molar-refractivity contribution >= 4 is 22.5 Å². The molecule has 1 aromatic carbocycles. The quantitative estimate of drug-likeness (QED) is 0.886. The van der Waals surface area contributed by atoms with E-state index in [1.54, 1.807) is 6.20 Å². The lowest BCUT2D eigenvalue weighted by molar-refractivity contribution is 0.0934. The molecule has 0 spiro atoms. The zero-order valence-electron chi connectivity index (χ0n) is 12.3. The summed E-state index contributed by atoms with van der Waals surface area (Å²) >= 11 is 0. The van der Waals surface area contributed by atoms with Crippen LogP contribution in [0, 0.1) is 5.92 Å². The van der Waals surface area contributed by atoms with Crippen LogP contribution < -0.4 is 11.1 Å². The topological polar surface area (TPSA) is 68.0 Å². The summed E-state index contributed by atoms with van der Waals surface area (Å²) in [5.74, 6) is 1.22. The fourth-order valence-electron chi connectivity index (χ4n) is 2.74. The highest BCUT2D eigenvalue weighted by Gasteiger charge is 2.26. The first-order valence-corrected chi connectivity index (χ1v) is 7.63. The summed E-state index contributed by atoms with van der Waals surface area (Å²) in [4.78, 5) is 16.7. The van der Waals surface area contributed by atoms with E-state index < -0.39 is 0 Å². The van der Waals surface area contributed by atoms with Crippen molar-refractivity contribution in [2.75, 3.05) is 5.73 Å². The summed E-state index contributed by atoms with van der Waals surface area (Å²) in [6.07, 6.45) is 6.24. The van der Waals surface area contributed by atoms with E-state index in [2.05, 4.69) is 17.2 Å². The van der Waals surface area contributed by atoms with E-state index in [0.717, 1.165) is 29.5 Å². The normalized spacial score (nSPS) is 15.9. The first-order valence-electron chi connectivity index (χ1n) is 7.63. The zero-order valence-corrected chi connectivity index (χ0v) is 12.3. The van der Waals surface area contributed by atoms with Gasteiger partial charge >= 0.3 is 0 Å². The average molecular weight is 283 g/mol. The molecule has 1 fully saturated rings. The lowest BCUT2D eigenvalue weighted by atomic mass is 10.0. The lowest BCUT2D eigenvalue weighted by Gasteiger charge is -2.17. The summed E-state index contributed by atoms with van der Waals surface area (Å²) in [5, 5.41) is 4.84. The van der Waals surface area contributed by atoms with Crippen molar-refractivity contribution in [2.45, 2.75) is 38.6 Å². The molecular formula is C17H21N3O. The molecule has 1 aliphatic carbocycles. The molecule has 0 radical (unpaired) electrons. The molecule has 3 rings (SSSR count). The molecule has 1 amide bonds. The van der Waals surface area contributed by atoms with Crippen LogP contribution in [0.4, 0.5) is 5.82 Å². The van der Waals surface area contributed by atoms with Gasteiger partial charge in [0.25, 0.3) is 5.91 Å². The number of carbonyl (C=O) groups excluding carboxylic acids is 1. The SMILES string of the molecule is CCC(CC1CC1)NC(=O)c1cnc(N)c2ccccc12. The predicted octanol–water partition coefficient (Wildman–Crippen LogP) is 3.13. The van der Waals surface area contributed by atoms with Gasteiger partial charge in [-0.1, -0.05) is 44.0 Å². The van der Waals surface area contributed by atoms with E-state index in [0.29, 0.717) is 11.4 Å². The van der Waals surface area contributed by atoms with E-state index >= 15 is 0 Å². The Morgan fingerprint density at radius 3 is 2.76 bits per heavy atom. The third-order valence-corrected chi connectivity index (χ3v) is 4.21. The Kier molecular flexibility index (Phi) is 3.78. The number of nitrogens with one attached hydrogen (secondary N) is 1. The Hall–Kier alpha value is -2.10. The van der Waals surface area contributed by atoms with Crippen molar-refractivity contribution in [3.63, 3.8) is 0 Å². The van der Waals surface area contributed by atoms with Crippen molar-refractivity contribution in [1.82, 2.24) is 10.3 Å². The van der Waals surface area contributed by atoms with Gasteiger partial charge < -0.3 is 11.1 Å². The summed E-state index contributed by atoms with van der Waals surface area (Å²) in [6.45, 7) is 2.12. The van der Waals surface area contributed by atoms with Gasteiger partial charge in [0.15, 0.2) is 0 Å². The number of hydrogen-bond acceptors (Lipinski definition) is 3. The van der Waals surface area contributed by atoms with Gasteiger partial charge in [-0.15, -0.1) is 0 Å². The van der Waals surface area contributed by atoms with Gasteiger partial charge in [0.2, 0.25) is 0 Å². The summed E-state index contributed by atoms with van der Waals surface area (Å²) < 4.78 is 0. The van der Waals surface area contributed by atoms with Gasteiger partial charge in [0.1, 0.15) is 5.82 Å². The van der Waals surface area contributed by atoms with Crippen LogP contribution in [0.2, 0.25) is 0 Å². The Labute approximate surface area is 124 Å². The molecule has 1 unspecified atom stereocenters. The zero-order chi connectivity index (χ0) is 14.8. The Bertz CT molecular complexity index is 664. The van der Waals surface area contributed by atoms with Crippen LogP contribution >= 0.6 is 0 Å². The standard InChI is InChI=1S/C17H21N3O/c1-2-12(9-11-7-8-11)20-17(21)15-10-19-16(18)14-6-4-3-5-13(14)15/h3-6,10-12H,2,7-9H2,1H3,(H2,18,19)(H,20,21). The fraction of sp³-hybridized carbons (Fsp3) is 0.412. The second kappa shape index (κ2) is 5.72. The highest BCUT2D eigenvalue weighted by Crippen LogP contribution is 2.34. The van der Waals surface area contributed by atoms with E-state index in [-0.39, 0.29) is 11.9 Å². The van der Waals surface area contributed by atoms with Crippen LogP contribution in [0.1, 0.15) is 43.0 Å². The molecule has 110 valence electrons. The van der Waals surface area contributed by atoms with Crippen molar-refractivity contribution in [2.24, 2.45) is 5.92 Å². The molecule has 1 atom stereocenters. The molecule has 21 heavy (non-hydrogen) atoms. The van der Waals surface area contributed by atoms with Gasteiger partial charge in [-0.05, 0) is 24.1 Å². The summed E-state index contributed by atoms with van der Waals surface area (Å²) in [7, 11) is 0. The Morgan fingerprint density at radius 1 is 1.38 bits per heavy atom. The van der Waals surface area contributed by atoms with Crippen molar-refractivity contribution < 1.29 is 4.79 Å². The number of rotatable bonds is 5. The van der Waals surface area contributed by atoms with Crippen LogP contribution in [0.15, 0.2) is 30.5 Å². The highest BCUT2D eigenvalue weighted by molar-refractivity contribution is 6.09. The van der Waals surface area contributed by atoms with Crippen LogP contribution in [0.3, 0.4) is 0 Å². The van der Waals surface area contributed by atoms with Crippen LogP contribution in [-0.4, -0.2) is 16.9 Å². The van der Waals surface area contributed by atoms with E-state index in [9.17, 15) is 4.79 Å². The molecule has 1 aliphatic rings. The molecule has 1 saturated carbocycles. The van der Waals surface area contributed by atoms with Gasteiger partial charge in [-0.25, -0.2) is 4.98 Å². The number of hydrogen-bond donors (Lipinski definition) is 2. The third kappa shape index (κ3) is 2.99. The van der Waals surface area contributed by atoms with E-state index in [1.165, 1.54) is 12.8 Å². The maximum Gasteiger partial charge on any atom is 0.253 e. The minimum absolute atomic E-state index is 0.0498. The van der Waals surface area contributed by atoms with Gasteiger partial charge in [0, 0.05) is 17.6 Å². The number of fused-ring (bicyclic) bond motifs is 1. The molecule has 0 saturated heterocycles. The van der Waals surface area contributed by atoms with Crippen LogP contribution in [-0.2, 0) is 0 Å². The van der Waals surface area contributed by atoms with Crippen LogP contribution in [0.25, 0.3) is 10.8 Å². The van der Waals surface area contributed by atoms with Crippen molar-refractivity contribution in [1.29, 1.82) is 0 Å². The molecule has 4 nitrogen and oxygen atoms in total. The third-order valence-electron chi connectivity index (χ3n) is 4.21. The second-order valence-electron chi connectivity index (χ2n) is 5.86. The average Bonchev–Trinajstić information content (AvgIpc) is 3.31. The Balaban J connectivity index is 1.85. The number of nitrogens with zero attached hydrogens (tertiary/aromatic N) is 1. The minimum Gasteiger partial charge on any atom is -0.383 e. The number of nitrogens with two attached hydrogens (primary N) is 1. The van der Waals surface area contributed by atoms with Gasteiger partial charge in [0.05, 0.1) is 5.56 Å². The highest BCUT2D eigenvalue weighted by atomic mass is 16.1. The number of aromatic nitrogens is 1. The first kappa shape index (κ1) is 13.9. The monoisotopic (exact) mass is 283 g/mol. The second-order valence-corrected chi connectivity index (χ2v) is 5.86. The Morgan fingerprint density at radius 2 is 2.10 bits per heavy atom. The molecule has 0 aliphatic heterocycles. The number of carbonyl (C=O) groups is 1. The van der Waals surface area contributed by atoms with Crippen LogP contribution in [0.5, 0.6) is 0 Å². The molecule has 1 aromatic heterocycles. The molecule has 3 N–H and O–H groups in total. The number of nitrogen functional groups attached to an aromatic ring is 1. The maximum absolute atomic E-state index is 12.5. The number of amides is 1. The number of benzene rings is 1. The molecule has 4 heteroatoms. The first-order chi connectivity index (χ1) is 10.2. The largest absolute Gasteiger partial charge is 0.383 e. The maximum atomic E-state index is 12.5. The number of anilines is 1. The number of pyridine rings is 1. The molecular weight excluding hydrogens is 262 g/mol. The summed E-state index contributed by atoms with van der Waals surface area (Å²) in [6, 6.07) is 7.89. The molecule has 2 aromatic rings. The fourth-order valence-corrected chi connectivity index (χ4v) is 2.74. The predicted molar refractivity (Wildman–Crippen MR) is 85.0 cm³/mol. The van der Waals surface area contributed by atoms with Gasteiger partial charge in [-0.2, -0.15) is 0 Å². The molecule has 0 bridgehead atoms. The van der Waals surface area contributed by atoms with Gasteiger partial charge in [-0.3, -0.25) is 4.79 Å². The minimum atomic E-state index is -0.0498. The van der Waals surface area contributed by atoms with Crippen molar-refractivity contribution in [3.8, 4) is 0 Å². The molecule has 1 heterocycles. The van der Waals surface area contributed by atoms with Crippen molar-refractivity contribution in [3.05, 3.63) is 36.0 Å². The smallest absolute Gasteiger partial charge is 0.253 e. The lowest BCUT2D eigenvalue weighted by Crippen LogP contribution is -2.35. The summed E-state index contributed by atoms with van der Waals surface area (Å²) in [5.41, 5.74) is 6.49. The van der Waals surface area contributed by atoms with E-state index in [1.807, 2.05) is 24.3 Å². The van der Waals surface area contributed by atoms with E-state index in [4.69, 9.17) is 5.73 Å².